The molecule has 23 heavy (non-hydrogen) atoms. The number of amides is 1. The van der Waals surface area contributed by atoms with Crippen molar-refractivity contribution in [2.75, 3.05) is 19.0 Å². The quantitative estimate of drug-likeness (QED) is 0.855. The summed E-state index contributed by atoms with van der Waals surface area (Å²) in [5, 5.41) is 12.7. The summed E-state index contributed by atoms with van der Waals surface area (Å²) in [4.78, 5) is 18.2. The molecule has 0 saturated carbocycles. The van der Waals surface area contributed by atoms with Gasteiger partial charge in [-0.25, -0.2) is 9.37 Å². The van der Waals surface area contributed by atoms with Crippen LogP contribution >= 0.6 is 0 Å². The summed E-state index contributed by atoms with van der Waals surface area (Å²) in [6.45, 7) is 0.274. The van der Waals surface area contributed by atoms with E-state index in [1.807, 2.05) is 37.2 Å². The number of anilines is 1. The van der Waals surface area contributed by atoms with Crippen molar-refractivity contribution in [3.8, 4) is 0 Å². The highest BCUT2D eigenvalue weighted by molar-refractivity contribution is 5.76. The largest absolute Gasteiger partial charge is 0.388 e. The van der Waals surface area contributed by atoms with E-state index in [1.54, 1.807) is 6.07 Å². The van der Waals surface area contributed by atoms with Gasteiger partial charge in [-0.1, -0.05) is 18.2 Å². The van der Waals surface area contributed by atoms with Gasteiger partial charge in [0.25, 0.3) is 0 Å². The maximum absolute atomic E-state index is 13.1. The Labute approximate surface area is 134 Å². The Morgan fingerprint density at radius 2 is 2.04 bits per heavy atom. The minimum atomic E-state index is -1.04. The van der Waals surface area contributed by atoms with Gasteiger partial charge in [0, 0.05) is 14.1 Å². The second-order valence-electron chi connectivity index (χ2n) is 5.43. The first kappa shape index (κ1) is 16.9. The zero-order valence-corrected chi connectivity index (χ0v) is 13.2. The fourth-order valence-electron chi connectivity index (χ4n) is 2.08. The molecule has 5 nitrogen and oxygen atoms in total. The van der Waals surface area contributed by atoms with E-state index in [9.17, 15) is 14.3 Å². The van der Waals surface area contributed by atoms with E-state index in [1.165, 1.54) is 18.2 Å². The number of aliphatic hydroxyl groups is 1. The van der Waals surface area contributed by atoms with Crippen molar-refractivity contribution in [3.05, 3.63) is 59.5 Å². The van der Waals surface area contributed by atoms with Gasteiger partial charge in [-0.2, -0.15) is 0 Å². The summed E-state index contributed by atoms with van der Waals surface area (Å²) < 4.78 is 13.1. The molecule has 0 aliphatic heterocycles. The Balaban J connectivity index is 1.89. The molecule has 0 radical (unpaired) electrons. The summed E-state index contributed by atoms with van der Waals surface area (Å²) >= 11 is 0. The Morgan fingerprint density at radius 3 is 2.74 bits per heavy atom. The van der Waals surface area contributed by atoms with E-state index in [2.05, 4.69) is 10.3 Å². The highest BCUT2D eigenvalue weighted by atomic mass is 19.1. The van der Waals surface area contributed by atoms with Crippen LogP contribution in [-0.4, -0.2) is 30.1 Å². The fraction of sp³-hybridized carbons (Fsp3) is 0.294. The lowest BCUT2D eigenvalue weighted by molar-refractivity contribution is -0.123. The molecule has 0 aliphatic carbocycles. The van der Waals surface area contributed by atoms with E-state index in [4.69, 9.17) is 0 Å². The van der Waals surface area contributed by atoms with Crippen LogP contribution in [0.4, 0.5) is 10.2 Å². The average Bonchev–Trinajstić information content (AvgIpc) is 2.53. The molecule has 0 fully saturated rings. The molecule has 1 heterocycles. The van der Waals surface area contributed by atoms with Gasteiger partial charge in [0.1, 0.15) is 11.6 Å². The van der Waals surface area contributed by atoms with Gasteiger partial charge in [-0.05, 0) is 29.8 Å². The maximum Gasteiger partial charge on any atom is 0.223 e. The normalized spacial score (nSPS) is 11.8. The number of halogens is 1. The Morgan fingerprint density at radius 1 is 1.30 bits per heavy atom. The highest BCUT2D eigenvalue weighted by Crippen LogP contribution is 2.17. The summed E-state index contributed by atoms with van der Waals surface area (Å²) in [6.07, 6.45) is -1.16. The zero-order chi connectivity index (χ0) is 16.8. The molecule has 6 heteroatoms. The molecule has 1 unspecified atom stereocenters. The van der Waals surface area contributed by atoms with Crippen molar-refractivity contribution < 1.29 is 14.3 Å². The molecule has 2 aromatic rings. The van der Waals surface area contributed by atoms with Gasteiger partial charge < -0.3 is 15.3 Å². The summed E-state index contributed by atoms with van der Waals surface area (Å²) in [5.41, 5.74) is 1.11. The lowest BCUT2D eigenvalue weighted by Gasteiger charge is -2.13. The molecule has 2 N–H and O–H groups in total. The lowest BCUT2D eigenvalue weighted by atomic mass is 10.1. The SMILES string of the molecule is CN(C)c1cccc(CNC(=O)CC(O)c2cccc(F)c2)n1. The number of carbonyl (C=O) groups excluding carboxylic acids is 1. The molecule has 1 aromatic heterocycles. The van der Waals surface area contributed by atoms with Crippen LogP contribution in [0, 0.1) is 5.82 Å². The minimum Gasteiger partial charge on any atom is -0.388 e. The number of benzene rings is 1. The van der Waals surface area contributed by atoms with Gasteiger partial charge in [-0.3, -0.25) is 4.79 Å². The van der Waals surface area contributed by atoms with Crippen LogP contribution in [-0.2, 0) is 11.3 Å². The first-order chi connectivity index (χ1) is 11.0. The summed E-state index contributed by atoms with van der Waals surface area (Å²) in [7, 11) is 3.78. The van der Waals surface area contributed by atoms with Crippen LogP contribution in [0.1, 0.15) is 23.8 Å². The summed E-state index contributed by atoms with van der Waals surface area (Å²) in [6, 6.07) is 11.2. The lowest BCUT2D eigenvalue weighted by Crippen LogP contribution is -2.25. The molecule has 0 saturated heterocycles. The van der Waals surface area contributed by atoms with Gasteiger partial charge in [-0.15, -0.1) is 0 Å². The first-order valence-corrected chi connectivity index (χ1v) is 7.29. The maximum atomic E-state index is 13.1. The number of pyridine rings is 1. The zero-order valence-electron chi connectivity index (χ0n) is 13.2. The minimum absolute atomic E-state index is 0.128. The number of aromatic nitrogens is 1. The number of rotatable bonds is 6. The number of nitrogens with zero attached hydrogens (tertiary/aromatic N) is 2. The molecule has 0 aliphatic rings. The molecule has 1 aromatic carbocycles. The second-order valence-corrected chi connectivity index (χ2v) is 5.43. The molecule has 0 spiro atoms. The van der Waals surface area contributed by atoms with Gasteiger partial charge in [0.05, 0.1) is 24.8 Å². The van der Waals surface area contributed by atoms with E-state index >= 15 is 0 Å². The monoisotopic (exact) mass is 317 g/mol. The third kappa shape index (κ3) is 5.03. The van der Waals surface area contributed by atoms with E-state index < -0.39 is 11.9 Å². The van der Waals surface area contributed by atoms with Gasteiger partial charge in [0.15, 0.2) is 0 Å². The van der Waals surface area contributed by atoms with Crippen molar-refractivity contribution in [1.82, 2.24) is 10.3 Å². The Hall–Kier alpha value is -2.47. The molecule has 122 valence electrons. The topological polar surface area (TPSA) is 65.5 Å². The number of hydrogen-bond acceptors (Lipinski definition) is 4. The predicted molar refractivity (Wildman–Crippen MR) is 86.4 cm³/mol. The molecule has 0 bridgehead atoms. The average molecular weight is 317 g/mol. The predicted octanol–water partition coefficient (Wildman–Crippen LogP) is 2.03. The Kier molecular flexibility index (Phi) is 5.65. The van der Waals surface area contributed by atoms with E-state index in [-0.39, 0.29) is 18.9 Å². The van der Waals surface area contributed by atoms with Crippen LogP contribution in [0.15, 0.2) is 42.5 Å². The van der Waals surface area contributed by atoms with E-state index in [0.717, 1.165) is 11.5 Å². The number of nitrogens with one attached hydrogen (secondary N) is 1. The van der Waals surface area contributed by atoms with Crippen LogP contribution in [0.2, 0.25) is 0 Å². The smallest absolute Gasteiger partial charge is 0.223 e. The first-order valence-electron chi connectivity index (χ1n) is 7.29. The van der Waals surface area contributed by atoms with Crippen molar-refractivity contribution in [1.29, 1.82) is 0 Å². The van der Waals surface area contributed by atoms with Crippen LogP contribution < -0.4 is 10.2 Å². The number of carbonyl (C=O) groups is 1. The molecule has 1 atom stereocenters. The molecule has 1 amide bonds. The highest BCUT2D eigenvalue weighted by Gasteiger charge is 2.13. The third-order valence-corrected chi connectivity index (χ3v) is 3.33. The molecular formula is C17H20FN3O2. The second kappa shape index (κ2) is 7.69. The van der Waals surface area contributed by atoms with Gasteiger partial charge in [0.2, 0.25) is 5.91 Å². The molecular weight excluding hydrogens is 297 g/mol. The van der Waals surface area contributed by atoms with E-state index in [0.29, 0.717) is 5.56 Å². The van der Waals surface area contributed by atoms with Crippen LogP contribution in [0.25, 0.3) is 0 Å². The van der Waals surface area contributed by atoms with Crippen molar-refractivity contribution in [3.63, 3.8) is 0 Å². The fourth-order valence-corrected chi connectivity index (χ4v) is 2.08. The molecule has 2 rings (SSSR count). The van der Waals surface area contributed by atoms with Crippen molar-refractivity contribution in [2.24, 2.45) is 0 Å². The number of hydrogen-bond donors (Lipinski definition) is 2. The summed E-state index contributed by atoms with van der Waals surface area (Å²) in [5.74, 6) is 0.0435. The third-order valence-electron chi connectivity index (χ3n) is 3.33. The van der Waals surface area contributed by atoms with Gasteiger partial charge >= 0.3 is 0 Å². The Bertz CT molecular complexity index is 676. The standard InChI is InChI=1S/C17H20FN3O2/c1-21(2)16-8-4-7-14(20-16)11-19-17(23)10-15(22)12-5-3-6-13(18)9-12/h3-9,15,22H,10-11H2,1-2H3,(H,19,23). The number of aliphatic hydroxyl groups excluding tert-OH is 1. The van der Waals surface area contributed by atoms with Crippen molar-refractivity contribution >= 4 is 11.7 Å². The van der Waals surface area contributed by atoms with Crippen LogP contribution in [0.3, 0.4) is 0 Å². The van der Waals surface area contributed by atoms with Crippen LogP contribution in [0.5, 0.6) is 0 Å². The van der Waals surface area contributed by atoms with Crippen molar-refractivity contribution in [2.45, 2.75) is 19.1 Å².